The number of alkyl halides is 3. The summed E-state index contributed by atoms with van der Waals surface area (Å²) in [6, 6.07) is -0.506. The molecular weight excluding hydrogens is 395 g/mol. The van der Waals surface area contributed by atoms with E-state index in [4.69, 9.17) is 9.16 Å². The highest BCUT2D eigenvalue weighted by Gasteiger charge is 2.37. The molecule has 0 amide bonds. The molecule has 0 aliphatic carbocycles. The Kier molecular flexibility index (Phi) is 10.9. The third kappa shape index (κ3) is 12.4. The third-order valence-electron chi connectivity index (χ3n) is 4.71. The van der Waals surface area contributed by atoms with E-state index in [9.17, 15) is 17.7 Å². The van der Waals surface area contributed by atoms with Crippen molar-refractivity contribution in [2.75, 3.05) is 19.8 Å². The lowest BCUT2D eigenvalue weighted by molar-refractivity contribution is -0.136. The van der Waals surface area contributed by atoms with Gasteiger partial charge in [0.25, 0.3) is 0 Å². The molecule has 0 spiro atoms. The Morgan fingerprint density at radius 2 is 1.52 bits per heavy atom. The van der Waals surface area contributed by atoms with Crippen LogP contribution in [0.25, 0.3) is 0 Å². The first-order chi connectivity index (χ1) is 12.0. The molecule has 0 aromatic rings. The number of hydrogen-bond acceptors (Lipinski definition) is 4. The Morgan fingerprint density at radius 1 is 0.963 bits per heavy atom. The van der Waals surface area contributed by atoms with Crippen molar-refractivity contribution in [2.45, 2.75) is 95.9 Å². The van der Waals surface area contributed by atoms with Crippen molar-refractivity contribution in [3.8, 4) is 0 Å². The fraction of sp³-hybridized carbons (Fsp3) is 1.00. The summed E-state index contributed by atoms with van der Waals surface area (Å²) in [6.07, 6.45) is -4.87. The molecule has 2 atom stereocenters. The summed E-state index contributed by atoms with van der Waals surface area (Å²) in [5, 5.41) is 0.122. The van der Waals surface area contributed by atoms with E-state index in [2.05, 4.69) is 38.6 Å². The van der Waals surface area contributed by atoms with E-state index in [0.29, 0.717) is 26.2 Å². The maximum Gasteiger partial charge on any atom is 0.389 e. The Hall–Kier alpha value is 0.197. The lowest BCUT2D eigenvalue weighted by Crippen LogP contribution is -2.45. The van der Waals surface area contributed by atoms with Gasteiger partial charge in [0.2, 0.25) is 0 Å². The first-order valence-electron chi connectivity index (χ1n) is 9.42. The highest BCUT2D eigenvalue weighted by atomic mass is 32.2. The smallest absolute Gasteiger partial charge is 0.389 e. The minimum Gasteiger partial charge on any atom is -0.598 e. The molecule has 4 nitrogen and oxygen atoms in total. The predicted molar refractivity (Wildman–Crippen MR) is 109 cm³/mol. The van der Waals surface area contributed by atoms with Gasteiger partial charge in [-0.2, -0.15) is 13.2 Å². The maximum absolute atomic E-state index is 12.5. The van der Waals surface area contributed by atoms with Crippen molar-refractivity contribution >= 4 is 19.7 Å². The standard InChI is InChI=1S/C18H38F3NO3SSi/c1-16(2,3)26(23)22-15(9-11-18(19,20)21)10-12-24-13-14-25-27(7,8)17(4,5)6/h15,22H,9-14H2,1-8H3. The molecule has 9 heteroatoms. The van der Waals surface area contributed by atoms with E-state index >= 15 is 0 Å². The van der Waals surface area contributed by atoms with Gasteiger partial charge in [0.05, 0.1) is 19.3 Å². The predicted octanol–water partition coefficient (Wildman–Crippen LogP) is 5.18. The first-order valence-corrected chi connectivity index (χ1v) is 13.5. The zero-order chi connectivity index (χ0) is 21.5. The van der Waals surface area contributed by atoms with Crippen molar-refractivity contribution in [1.29, 1.82) is 0 Å². The summed E-state index contributed by atoms with van der Waals surface area (Å²) in [5.41, 5.74) is 0. The normalized spacial score (nSPS) is 16.4. The molecule has 27 heavy (non-hydrogen) atoms. The van der Waals surface area contributed by atoms with Crippen LogP contribution in [0.3, 0.4) is 0 Å². The second-order valence-electron chi connectivity index (χ2n) is 9.36. The van der Waals surface area contributed by atoms with Crippen LogP contribution >= 0.6 is 0 Å². The molecule has 0 rings (SSSR count). The van der Waals surface area contributed by atoms with Gasteiger partial charge >= 0.3 is 6.18 Å². The lowest BCUT2D eigenvalue weighted by Gasteiger charge is -2.36. The van der Waals surface area contributed by atoms with Crippen LogP contribution < -0.4 is 4.72 Å². The Labute approximate surface area is 167 Å². The Bertz CT molecular complexity index is 424. The minimum absolute atomic E-state index is 0.116. The monoisotopic (exact) mass is 433 g/mol. The summed E-state index contributed by atoms with van der Waals surface area (Å²) in [6.45, 7) is 17.3. The van der Waals surface area contributed by atoms with Gasteiger partial charge in [-0.25, -0.2) is 0 Å². The molecule has 164 valence electrons. The highest BCUT2D eigenvalue weighted by molar-refractivity contribution is 7.90. The van der Waals surface area contributed by atoms with Crippen molar-refractivity contribution in [1.82, 2.24) is 4.72 Å². The number of halogens is 3. The van der Waals surface area contributed by atoms with Gasteiger partial charge in [-0.15, -0.1) is 4.72 Å². The number of nitrogens with one attached hydrogen (secondary N) is 1. The molecule has 0 saturated heterocycles. The van der Waals surface area contributed by atoms with E-state index in [1.54, 1.807) is 20.8 Å². The molecule has 0 heterocycles. The van der Waals surface area contributed by atoms with Crippen LogP contribution in [0.15, 0.2) is 0 Å². The number of ether oxygens (including phenoxy) is 1. The largest absolute Gasteiger partial charge is 0.598 e. The van der Waals surface area contributed by atoms with Gasteiger partial charge in [-0.3, -0.25) is 0 Å². The molecule has 0 aromatic heterocycles. The van der Waals surface area contributed by atoms with E-state index in [0.717, 1.165) is 0 Å². The summed E-state index contributed by atoms with van der Waals surface area (Å²) in [7, 11) is -1.82. The van der Waals surface area contributed by atoms with Gasteiger partial charge in [0, 0.05) is 24.4 Å². The molecule has 0 aliphatic heterocycles. The third-order valence-corrected chi connectivity index (χ3v) is 10.9. The molecule has 2 unspecified atom stereocenters. The van der Waals surface area contributed by atoms with E-state index in [-0.39, 0.29) is 11.5 Å². The average molecular weight is 434 g/mol. The Morgan fingerprint density at radius 3 is 1.96 bits per heavy atom. The van der Waals surface area contributed by atoms with Crippen LogP contribution in [0.4, 0.5) is 13.2 Å². The van der Waals surface area contributed by atoms with Gasteiger partial charge in [0.15, 0.2) is 8.32 Å². The summed E-state index contributed by atoms with van der Waals surface area (Å²) >= 11 is -1.42. The maximum atomic E-state index is 12.5. The van der Waals surface area contributed by atoms with Crippen LogP contribution in [0, 0.1) is 0 Å². The quantitative estimate of drug-likeness (QED) is 0.277. The van der Waals surface area contributed by atoms with Crippen LogP contribution in [0.5, 0.6) is 0 Å². The summed E-state index contributed by atoms with van der Waals surface area (Å²) < 4.78 is 63.7. The minimum atomic E-state index is -4.22. The zero-order valence-corrected chi connectivity index (χ0v) is 19.9. The number of hydrogen-bond donors (Lipinski definition) is 1. The highest BCUT2D eigenvalue weighted by Crippen LogP contribution is 2.36. The molecule has 0 aliphatic rings. The van der Waals surface area contributed by atoms with Crippen LogP contribution in [-0.2, 0) is 20.5 Å². The topological polar surface area (TPSA) is 53.5 Å². The van der Waals surface area contributed by atoms with E-state index in [1.165, 1.54) is 0 Å². The van der Waals surface area contributed by atoms with Crippen LogP contribution in [0.1, 0.15) is 60.8 Å². The van der Waals surface area contributed by atoms with E-state index in [1.807, 2.05) is 0 Å². The molecule has 0 bridgehead atoms. The average Bonchev–Trinajstić information content (AvgIpc) is 2.44. The molecule has 0 radical (unpaired) electrons. The zero-order valence-electron chi connectivity index (χ0n) is 18.1. The second kappa shape index (κ2) is 10.8. The van der Waals surface area contributed by atoms with Crippen molar-refractivity contribution in [2.24, 2.45) is 0 Å². The fourth-order valence-corrected chi connectivity index (χ4v) is 3.75. The van der Waals surface area contributed by atoms with Crippen molar-refractivity contribution in [3.05, 3.63) is 0 Å². The number of rotatable bonds is 11. The second-order valence-corrected chi connectivity index (χ2v) is 16.2. The van der Waals surface area contributed by atoms with Gasteiger partial charge in [-0.05, 0) is 51.7 Å². The SMILES string of the molecule is CC(C)(C)[S+]([O-])NC(CCOCCO[Si](C)(C)C(C)(C)C)CCC(F)(F)F. The van der Waals surface area contributed by atoms with Gasteiger partial charge < -0.3 is 13.7 Å². The summed E-state index contributed by atoms with van der Waals surface area (Å²) in [4.78, 5) is 0. The lowest BCUT2D eigenvalue weighted by atomic mass is 10.1. The molecule has 0 fully saturated rings. The molecule has 0 aromatic carbocycles. The summed E-state index contributed by atoms with van der Waals surface area (Å²) in [5.74, 6) is 0. The van der Waals surface area contributed by atoms with Crippen molar-refractivity contribution in [3.63, 3.8) is 0 Å². The van der Waals surface area contributed by atoms with Gasteiger partial charge in [0.1, 0.15) is 4.75 Å². The molecular formula is C18H38F3NO3SSi. The Balaban J connectivity index is 4.36. The van der Waals surface area contributed by atoms with Crippen LogP contribution in [-0.4, -0.2) is 49.7 Å². The first kappa shape index (κ1) is 27.2. The fourth-order valence-electron chi connectivity index (χ4n) is 1.83. The van der Waals surface area contributed by atoms with Crippen LogP contribution in [0.2, 0.25) is 18.1 Å². The van der Waals surface area contributed by atoms with E-state index < -0.39 is 43.1 Å². The molecule has 1 N–H and O–H groups in total. The van der Waals surface area contributed by atoms with Crippen molar-refractivity contribution < 1.29 is 26.9 Å². The van der Waals surface area contributed by atoms with Gasteiger partial charge in [-0.1, -0.05) is 20.8 Å². The molecule has 0 saturated carbocycles.